The molecule has 0 saturated heterocycles. The highest BCUT2D eigenvalue weighted by Crippen LogP contribution is 2.27. The molecule has 0 rings (SSSR count). The van der Waals surface area contributed by atoms with E-state index in [1.807, 2.05) is 6.66 Å². The molecule has 0 heterocycles. The fourth-order valence-corrected chi connectivity index (χ4v) is 4.50. The van der Waals surface area contributed by atoms with Crippen LogP contribution in [0.25, 0.3) is 0 Å². The lowest BCUT2D eigenvalue weighted by molar-refractivity contribution is 0.548. The lowest BCUT2D eigenvalue weighted by atomic mass is 10.1. The molecule has 2 unspecified atom stereocenters. The van der Waals surface area contributed by atoms with Gasteiger partial charge in [-0.25, -0.2) is 4.21 Å². The van der Waals surface area contributed by atoms with Crippen molar-refractivity contribution in [3.8, 4) is 0 Å². The Balaban J connectivity index is 3.08. The first-order chi connectivity index (χ1) is 9.66. The summed E-state index contributed by atoms with van der Waals surface area (Å²) in [4.78, 5) is 0. The lowest BCUT2D eigenvalue weighted by Gasteiger charge is -2.10. The van der Waals surface area contributed by atoms with E-state index in [-0.39, 0.29) is 0 Å². The molecule has 0 spiro atoms. The van der Waals surface area contributed by atoms with Crippen LogP contribution in [-0.4, -0.2) is 21.6 Å². The Kier molecular flexibility index (Phi) is 16.3. The maximum absolute atomic E-state index is 10.5. The van der Waals surface area contributed by atoms with E-state index >= 15 is 0 Å². The van der Waals surface area contributed by atoms with Crippen molar-refractivity contribution < 1.29 is 8.76 Å². The second kappa shape index (κ2) is 15.9. The highest BCUT2D eigenvalue weighted by atomic mass is 32.2. The molecule has 5 heteroatoms. The van der Waals surface area contributed by atoms with E-state index in [0.717, 1.165) is 6.16 Å². The second-order valence-corrected chi connectivity index (χ2v) is 8.72. The average Bonchev–Trinajstić information content (AvgIpc) is 2.39. The van der Waals surface area contributed by atoms with Crippen LogP contribution >= 0.6 is 8.07 Å². The van der Waals surface area contributed by atoms with E-state index in [9.17, 15) is 4.21 Å². The van der Waals surface area contributed by atoms with Gasteiger partial charge in [0.15, 0.2) is 0 Å². The zero-order valence-corrected chi connectivity index (χ0v) is 15.1. The molecule has 0 aromatic rings. The number of nitrogens with one attached hydrogen (secondary N) is 1. The number of hydrogen-bond acceptors (Lipinski definition) is 1. The maximum atomic E-state index is 10.5. The van der Waals surface area contributed by atoms with E-state index in [0.29, 0.717) is 0 Å². The van der Waals surface area contributed by atoms with Gasteiger partial charge >= 0.3 is 0 Å². The molecule has 0 saturated carbocycles. The molecule has 0 aliphatic carbocycles. The highest BCUT2D eigenvalue weighted by molar-refractivity contribution is 7.85. The van der Waals surface area contributed by atoms with Crippen LogP contribution in [0.15, 0.2) is 0 Å². The van der Waals surface area contributed by atoms with Gasteiger partial charge in [-0.1, -0.05) is 77.6 Å². The topological polar surface area (TPSA) is 49.3 Å². The minimum atomic E-state index is -1.83. The van der Waals surface area contributed by atoms with Crippen molar-refractivity contribution in [2.24, 2.45) is 0 Å². The monoisotopic (exact) mass is 323 g/mol. The lowest BCUT2D eigenvalue weighted by Crippen LogP contribution is -2.10. The van der Waals surface area contributed by atoms with Crippen LogP contribution < -0.4 is 4.49 Å². The number of hydrogen-bond donors (Lipinski definition) is 2. The Morgan fingerprint density at radius 3 is 1.65 bits per heavy atom. The summed E-state index contributed by atoms with van der Waals surface area (Å²) in [6.07, 6.45) is 17.4. The second-order valence-electron chi connectivity index (χ2n) is 5.65. The Morgan fingerprint density at radius 1 is 0.850 bits per heavy atom. The van der Waals surface area contributed by atoms with E-state index in [4.69, 9.17) is 4.55 Å². The molecule has 0 aliphatic heterocycles. The SMILES string of the molecule is CCCCCCCCCCCCCCP(C)NS(=O)O. The van der Waals surface area contributed by atoms with Crippen LogP contribution in [0.4, 0.5) is 0 Å². The molecule has 2 N–H and O–H groups in total. The third-order valence-electron chi connectivity index (χ3n) is 3.58. The van der Waals surface area contributed by atoms with E-state index in [2.05, 4.69) is 11.4 Å². The van der Waals surface area contributed by atoms with Crippen molar-refractivity contribution in [3.05, 3.63) is 0 Å². The standard InChI is InChI=1S/C15H34NO2PS/c1-3-4-5-6-7-8-9-10-11-12-13-14-15-19(2)16-20(17)18/h16H,3-15H2,1-2H3,(H,17,18). The van der Waals surface area contributed by atoms with E-state index < -0.39 is 19.3 Å². The van der Waals surface area contributed by atoms with Crippen molar-refractivity contribution >= 4 is 19.3 Å². The summed E-state index contributed by atoms with van der Waals surface area (Å²) in [5.41, 5.74) is 0. The van der Waals surface area contributed by atoms with Crippen molar-refractivity contribution in [1.82, 2.24) is 4.49 Å². The highest BCUT2D eigenvalue weighted by Gasteiger charge is 2.02. The van der Waals surface area contributed by atoms with Gasteiger partial charge in [-0.15, -0.1) is 0 Å². The fraction of sp³-hybridized carbons (Fsp3) is 1.00. The number of unbranched alkanes of at least 4 members (excludes halogenated alkanes) is 11. The first kappa shape index (κ1) is 20.5. The molecule has 0 aromatic heterocycles. The molecule has 0 radical (unpaired) electrons. The summed E-state index contributed by atoms with van der Waals surface area (Å²) in [7, 11) is -0.458. The van der Waals surface area contributed by atoms with Crippen molar-refractivity contribution in [2.75, 3.05) is 12.8 Å². The average molecular weight is 323 g/mol. The van der Waals surface area contributed by atoms with Gasteiger partial charge in [-0.2, -0.15) is 4.49 Å². The minimum Gasteiger partial charge on any atom is -0.294 e. The number of rotatable bonds is 15. The summed E-state index contributed by atoms with van der Waals surface area (Å²) in [5, 5.41) is 0. The fourth-order valence-electron chi connectivity index (χ4n) is 2.37. The van der Waals surface area contributed by atoms with Crippen LogP contribution in [0.1, 0.15) is 84.0 Å². The first-order valence-electron chi connectivity index (χ1n) is 8.25. The molecule has 0 bridgehead atoms. The molecule has 122 valence electrons. The normalized spacial score (nSPS) is 14.3. The van der Waals surface area contributed by atoms with E-state index in [1.165, 1.54) is 77.0 Å². The van der Waals surface area contributed by atoms with Crippen LogP contribution in [0.5, 0.6) is 0 Å². The molecule has 3 nitrogen and oxygen atoms in total. The van der Waals surface area contributed by atoms with Gasteiger partial charge in [0, 0.05) is 0 Å². The third kappa shape index (κ3) is 16.6. The predicted octanol–water partition coefficient (Wildman–Crippen LogP) is 5.44. The van der Waals surface area contributed by atoms with Crippen LogP contribution in [0.3, 0.4) is 0 Å². The summed E-state index contributed by atoms with van der Waals surface area (Å²) >= 11 is -1.83. The molecular weight excluding hydrogens is 289 g/mol. The molecule has 20 heavy (non-hydrogen) atoms. The molecule has 0 fully saturated rings. The van der Waals surface area contributed by atoms with Crippen molar-refractivity contribution in [1.29, 1.82) is 0 Å². The zero-order chi connectivity index (χ0) is 15.1. The van der Waals surface area contributed by atoms with Crippen LogP contribution in [-0.2, 0) is 11.3 Å². The van der Waals surface area contributed by atoms with Gasteiger partial charge in [0.25, 0.3) is 0 Å². The molecular formula is C15H34NO2PS. The summed E-state index contributed by atoms with van der Waals surface area (Å²) in [5.74, 6) is 0. The minimum absolute atomic E-state index is 0.458. The smallest absolute Gasteiger partial charge is 0.235 e. The Morgan fingerprint density at radius 2 is 1.25 bits per heavy atom. The quantitative estimate of drug-likeness (QED) is 0.239. The summed E-state index contributed by atoms with van der Waals surface area (Å²) in [6.45, 7) is 4.29. The van der Waals surface area contributed by atoms with Crippen LogP contribution in [0.2, 0.25) is 0 Å². The van der Waals surface area contributed by atoms with Gasteiger partial charge in [0.2, 0.25) is 11.3 Å². The van der Waals surface area contributed by atoms with E-state index in [1.54, 1.807) is 0 Å². The molecule has 0 aromatic carbocycles. The summed E-state index contributed by atoms with van der Waals surface area (Å²) in [6, 6.07) is 0. The Hall–Kier alpha value is 0.500. The summed E-state index contributed by atoms with van der Waals surface area (Å²) < 4.78 is 21.9. The van der Waals surface area contributed by atoms with Gasteiger partial charge in [-0.05, 0) is 27.3 Å². The molecule has 0 aliphatic rings. The van der Waals surface area contributed by atoms with Gasteiger partial charge in [0.05, 0.1) is 0 Å². The Labute approximate surface area is 129 Å². The van der Waals surface area contributed by atoms with Gasteiger partial charge in [-0.3, -0.25) is 4.55 Å². The Bertz CT molecular complexity index is 230. The largest absolute Gasteiger partial charge is 0.294 e. The predicted molar refractivity (Wildman–Crippen MR) is 92.7 cm³/mol. The third-order valence-corrected chi connectivity index (χ3v) is 6.44. The van der Waals surface area contributed by atoms with Crippen LogP contribution in [0, 0.1) is 0 Å². The van der Waals surface area contributed by atoms with Crippen molar-refractivity contribution in [3.63, 3.8) is 0 Å². The van der Waals surface area contributed by atoms with Gasteiger partial charge < -0.3 is 0 Å². The van der Waals surface area contributed by atoms with Gasteiger partial charge in [0.1, 0.15) is 0 Å². The van der Waals surface area contributed by atoms with Crippen molar-refractivity contribution in [2.45, 2.75) is 84.0 Å². The molecule has 0 amide bonds. The maximum Gasteiger partial charge on any atom is 0.235 e. The zero-order valence-electron chi connectivity index (χ0n) is 13.4. The first-order valence-corrected chi connectivity index (χ1v) is 11.3. The molecule has 2 atom stereocenters.